The molecular formula is C25H42N2O3. The van der Waals surface area contributed by atoms with Gasteiger partial charge in [-0.05, 0) is 92.3 Å². The van der Waals surface area contributed by atoms with E-state index in [1.54, 1.807) is 0 Å². The molecule has 5 heteroatoms. The molecule has 5 rings (SSSR count). The Bertz CT molecular complexity index is 650. The molecular weight excluding hydrogens is 376 g/mol. The minimum absolute atomic E-state index is 0.0639. The smallest absolute Gasteiger partial charge is 0.234 e. The molecule has 5 aliphatic rings. The highest BCUT2D eigenvalue weighted by Gasteiger charge is 2.60. The summed E-state index contributed by atoms with van der Waals surface area (Å²) in [6.07, 6.45) is 10.8. The summed E-state index contributed by atoms with van der Waals surface area (Å²) in [5.41, 5.74) is 0.695. The van der Waals surface area contributed by atoms with Crippen molar-refractivity contribution in [1.29, 1.82) is 0 Å². The van der Waals surface area contributed by atoms with Gasteiger partial charge in [0, 0.05) is 19.1 Å². The number of nitrogens with zero attached hydrogens (tertiary/aromatic N) is 1. The number of morpholine rings is 1. The second-order valence-electron chi connectivity index (χ2n) is 11.7. The highest BCUT2D eigenvalue weighted by atomic mass is 16.5. The molecule has 0 radical (unpaired) electrons. The Labute approximate surface area is 182 Å². The molecule has 2 N–H and O–H groups in total. The quantitative estimate of drug-likeness (QED) is 0.739. The Kier molecular flexibility index (Phi) is 5.69. The third kappa shape index (κ3) is 3.53. The van der Waals surface area contributed by atoms with Crippen molar-refractivity contribution in [1.82, 2.24) is 10.2 Å². The number of ether oxygens (including phenoxy) is 1. The number of carbonyl (C=O) groups excluding carboxylic acids is 1. The minimum Gasteiger partial charge on any atom is -0.393 e. The predicted molar refractivity (Wildman–Crippen MR) is 117 cm³/mol. The van der Waals surface area contributed by atoms with Crippen LogP contribution in [-0.2, 0) is 9.53 Å². The van der Waals surface area contributed by atoms with Gasteiger partial charge in [0.05, 0.1) is 25.9 Å². The van der Waals surface area contributed by atoms with Gasteiger partial charge in [0.25, 0.3) is 0 Å². The standard InChI is InChI=1S/C25H42N2O3/c1-24-9-7-18(28)15-17(24)3-4-19-20-5-6-22(25(20,2)10-8-21(19)24)26-23(29)16-27-11-13-30-14-12-27/h17-22,28H,3-16H2,1-2H3,(H,26,29)/t17-,18-,19-,20+,21-,22+,24-,25-/m0/s1. The highest BCUT2D eigenvalue weighted by molar-refractivity contribution is 5.78. The molecule has 0 aromatic rings. The maximum Gasteiger partial charge on any atom is 0.234 e. The molecule has 0 unspecified atom stereocenters. The van der Waals surface area contributed by atoms with Crippen LogP contribution in [0.2, 0.25) is 0 Å². The Morgan fingerprint density at radius 2 is 1.73 bits per heavy atom. The van der Waals surface area contributed by atoms with Crippen molar-refractivity contribution >= 4 is 5.91 Å². The van der Waals surface area contributed by atoms with Gasteiger partial charge in [-0.15, -0.1) is 0 Å². The molecule has 1 saturated heterocycles. The summed E-state index contributed by atoms with van der Waals surface area (Å²) in [6, 6.07) is 0.343. The van der Waals surface area contributed by atoms with Crippen LogP contribution in [0.15, 0.2) is 0 Å². The summed E-state index contributed by atoms with van der Waals surface area (Å²) in [6.45, 7) is 8.80. The first-order chi connectivity index (χ1) is 14.4. The van der Waals surface area contributed by atoms with E-state index in [0.717, 1.165) is 69.2 Å². The molecule has 8 atom stereocenters. The van der Waals surface area contributed by atoms with Crippen molar-refractivity contribution in [2.45, 2.75) is 83.8 Å². The fourth-order valence-electron chi connectivity index (χ4n) is 8.67. The van der Waals surface area contributed by atoms with Crippen LogP contribution in [0.1, 0.15) is 71.6 Å². The monoisotopic (exact) mass is 418 g/mol. The van der Waals surface area contributed by atoms with Gasteiger partial charge >= 0.3 is 0 Å². The lowest BCUT2D eigenvalue weighted by Crippen LogP contribution is -2.56. The SMILES string of the molecule is C[C@]12CC[C@H]3[C@@H](CC[C@H]4C[C@@H](O)CC[C@@]43C)[C@H]1CC[C@H]2NC(=O)CN1CCOCC1. The molecule has 0 aromatic carbocycles. The van der Waals surface area contributed by atoms with E-state index in [-0.39, 0.29) is 17.4 Å². The lowest BCUT2D eigenvalue weighted by Gasteiger charge is -2.61. The number of fused-ring (bicyclic) bond motifs is 5. The van der Waals surface area contributed by atoms with Crippen LogP contribution in [0.5, 0.6) is 0 Å². The van der Waals surface area contributed by atoms with Gasteiger partial charge in [-0.1, -0.05) is 13.8 Å². The van der Waals surface area contributed by atoms with E-state index >= 15 is 0 Å². The first-order valence-corrected chi connectivity index (χ1v) is 12.7. The Hall–Kier alpha value is -0.650. The second-order valence-corrected chi connectivity index (χ2v) is 11.7. The van der Waals surface area contributed by atoms with Crippen LogP contribution in [0.4, 0.5) is 0 Å². The number of nitrogens with one attached hydrogen (secondary N) is 1. The van der Waals surface area contributed by atoms with Crippen molar-refractivity contribution in [3.63, 3.8) is 0 Å². The van der Waals surface area contributed by atoms with Gasteiger partial charge < -0.3 is 15.2 Å². The van der Waals surface area contributed by atoms with Crippen LogP contribution in [0.25, 0.3) is 0 Å². The fraction of sp³-hybridized carbons (Fsp3) is 0.960. The first-order valence-electron chi connectivity index (χ1n) is 12.7. The zero-order valence-electron chi connectivity index (χ0n) is 19.1. The van der Waals surface area contributed by atoms with Gasteiger partial charge in [-0.2, -0.15) is 0 Å². The van der Waals surface area contributed by atoms with E-state index in [0.29, 0.717) is 18.0 Å². The number of rotatable bonds is 3. The van der Waals surface area contributed by atoms with Crippen LogP contribution < -0.4 is 5.32 Å². The summed E-state index contributed by atoms with van der Waals surface area (Å²) in [5.74, 6) is 3.33. The lowest BCUT2D eigenvalue weighted by molar-refractivity contribution is -0.131. The molecule has 170 valence electrons. The molecule has 0 aromatic heterocycles. The molecule has 1 heterocycles. The number of aliphatic hydroxyl groups is 1. The summed E-state index contributed by atoms with van der Waals surface area (Å²) in [7, 11) is 0. The number of carbonyl (C=O) groups is 1. The molecule has 1 amide bonds. The normalized spacial score (nSPS) is 49.0. The maximum absolute atomic E-state index is 12.8. The third-order valence-electron chi connectivity index (χ3n) is 10.4. The molecule has 30 heavy (non-hydrogen) atoms. The van der Waals surface area contributed by atoms with Crippen molar-refractivity contribution in [3.05, 3.63) is 0 Å². The van der Waals surface area contributed by atoms with E-state index in [9.17, 15) is 9.90 Å². The maximum atomic E-state index is 12.8. The van der Waals surface area contributed by atoms with E-state index in [2.05, 4.69) is 24.1 Å². The predicted octanol–water partition coefficient (Wildman–Crippen LogP) is 3.21. The molecule has 4 saturated carbocycles. The van der Waals surface area contributed by atoms with Gasteiger partial charge in [0.1, 0.15) is 0 Å². The number of hydrogen-bond donors (Lipinski definition) is 2. The summed E-state index contributed by atoms with van der Waals surface area (Å²) >= 11 is 0. The zero-order chi connectivity index (χ0) is 20.9. The van der Waals surface area contributed by atoms with Crippen molar-refractivity contribution < 1.29 is 14.6 Å². The van der Waals surface area contributed by atoms with Crippen LogP contribution in [-0.4, -0.2) is 60.9 Å². The largest absolute Gasteiger partial charge is 0.393 e. The lowest BCUT2D eigenvalue weighted by atomic mass is 9.45. The molecule has 4 aliphatic carbocycles. The number of aliphatic hydroxyl groups excluding tert-OH is 1. The van der Waals surface area contributed by atoms with Gasteiger partial charge in [-0.3, -0.25) is 9.69 Å². The Morgan fingerprint density at radius 1 is 1.00 bits per heavy atom. The fourth-order valence-corrected chi connectivity index (χ4v) is 8.67. The van der Waals surface area contributed by atoms with Crippen LogP contribution in [0.3, 0.4) is 0 Å². The minimum atomic E-state index is -0.0639. The molecule has 0 spiro atoms. The van der Waals surface area contributed by atoms with E-state index in [1.807, 2.05) is 0 Å². The first kappa shape index (κ1) is 21.2. The van der Waals surface area contributed by atoms with Gasteiger partial charge in [-0.25, -0.2) is 0 Å². The van der Waals surface area contributed by atoms with Crippen LogP contribution in [0, 0.1) is 34.5 Å². The topological polar surface area (TPSA) is 61.8 Å². The van der Waals surface area contributed by atoms with Crippen molar-refractivity contribution in [2.75, 3.05) is 32.8 Å². The number of amides is 1. The van der Waals surface area contributed by atoms with Crippen LogP contribution >= 0.6 is 0 Å². The number of hydrogen-bond acceptors (Lipinski definition) is 4. The average Bonchev–Trinajstić information content (AvgIpc) is 3.05. The highest BCUT2D eigenvalue weighted by Crippen LogP contribution is 2.66. The van der Waals surface area contributed by atoms with Gasteiger partial charge in [0.2, 0.25) is 5.91 Å². The second kappa shape index (κ2) is 8.04. The van der Waals surface area contributed by atoms with E-state index in [1.165, 1.54) is 38.5 Å². The molecule has 1 aliphatic heterocycles. The summed E-state index contributed by atoms with van der Waals surface area (Å²) < 4.78 is 5.42. The molecule has 0 bridgehead atoms. The summed E-state index contributed by atoms with van der Waals surface area (Å²) in [5, 5.41) is 13.7. The molecule has 5 nitrogen and oxygen atoms in total. The Morgan fingerprint density at radius 3 is 2.53 bits per heavy atom. The van der Waals surface area contributed by atoms with Crippen molar-refractivity contribution in [2.24, 2.45) is 34.5 Å². The zero-order valence-corrected chi connectivity index (χ0v) is 19.1. The summed E-state index contributed by atoms with van der Waals surface area (Å²) in [4.78, 5) is 15.0. The van der Waals surface area contributed by atoms with E-state index < -0.39 is 0 Å². The molecule has 5 fully saturated rings. The van der Waals surface area contributed by atoms with Crippen molar-refractivity contribution in [3.8, 4) is 0 Å². The Balaban J connectivity index is 1.25. The van der Waals surface area contributed by atoms with Gasteiger partial charge in [0.15, 0.2) is 0 Å². The third-order valence-corrected chi connectivity index (χ3v) is 10.4. The van der Waals surface area contributed by atoms with E-state index in [4.69, 9.17) is 4.74 Å². The average molecular weight is 419 g/mol.